The molecule has 0 saturated heterocycles. The topological polar surface area (TPSA) is 33.1 Å². The Morgan fingerprint density at radius 2 is 1.94 bits per heavy atom. The highest BCUT2D eigenvalue weighted by atomic mass is 79.9. The molecule has 1 aromatic heterocycles. The maximum absolute atomic E-state index is 10.0. The molecule has 0 fully saturated rings. The number of nitrogens with zero attached hydrogens (tertiary/aromatic N) is 1. The first-order valence-corrected chi connectivity index (χ1v) is 5.87. The Morgan fingerprint density at radius 1 is 1.19 bits per heavy atom. The minimum Gasteiger partial charge on any atom is -0.388 e. The molecular weight excluding hydrogens is 266 g/mol. The van der Waals surface area contributed by atoms with E-state index in [1.807, 2.05) is 36.4 Å². The van der Waals surface area contributed by atoms with E-state index in [0.717, 1.165) is 15.6 Å². The molecule has 0 bridgehead atoms. The van der Waals surface area contributed by atoms with Gasteiger partial charge in [0.15, 0.2) is 0 Å². The van der Waals surface area contributed by atoms with Gasteiger partial charge in [0, 0.05) is 23.3 Å². The fourth-order valence-corrected chi connectivity index (χ4v) is 2.04. The highest BCUT2D eigenvalue weighted by molar-refractivity contribution is 9.10. The molecule has 0 aliphatic rings. The van der Waals surface area contributed by atoms with Crippen LogP contribution in [0.5, 0.6) is 0 Å². The van der Waals surface area contributed by atoms with Gasteiger partial charge in [-0.25, -0.2) is 0 Å². The predicted molar refractivity (Wildman–Crippen MR) is 67.0 cm³/mol. The van der Waals surface area contributed by atoms with E-state index in [9.17, 15) is 5.11 Å². The summed E-state index contributed by atoms with van der Waals surface area (Å²) in [7, 11) is 0. The van der Waals surface area contributed by atoms with E-state index in [4.69, 9.17) is 0 Å². The molecule has 1 atom stereocenters. The lowest BCUT2D eigenvalue weighted by Gasteiger charge is -2.10. The van der Waals surface area contributed by atoms with Crippen molar-refractivity contribution >= 4 is 15.9 Å². The zero-order valence-electron chi connectivity index (χ0n) is 8.68. The Hall–Kier alpha value is -1.19. The minimum atomic E-state index is -0.475. The quantitative estimate of drug-likeness (QED) is 0.935. The number of hydrogen-bond acceptors (Lipinski definition) is 2. The van der Waals surface area contributed by atoms with Crippen LogP contribution in [0.25, 0.3) is 0 Å². The van der Waals surface area contributed by atoms with Crippen LogP contribution < -0.4 is 0 Å². The van der Waals surface area contributed by atoms with Crippen molar-refractivity contribution in [2.24, 2.45) is 0 Å². The Labute approximate surface area is 103 Å². The van der Waals surface area contributed by atoms with Crippen LogP contribution in [0.1, 0.15) is 17.2 Å². The van der Waals surface area contributed by atoms with Gasteiger partial charge in [-0.15, -0.1) is 0 Å². The summed E-state index contributed by atoms with van der Waals surface area (Å²) in [6, 6.07) is 11.6. The summed E-state index contributed by atoms with van der Waals surface area (Å²) in [5.74, 6) is 0. The first-order chi connectivity index (χ1) is 7.75. The Kier molecular flexibility index (Phi) is 3.70. The number of aliphatic hydroxyl groups excluding tert-OH is 1. The zero-order valence-corrected chi connectivity index (χ0v) is 10.3. The van der Waals surface area contributed by atoms with Gasteiger partial charge in [-0.2, -0.15) is 0 Å². The van der Waals surface area contributed by atoms with Gasteiger partial charge in [-0.1, -0.05) is 28.1 Å². The number of benzene rings is 1. The Bertz CT molecular complexity index is 458. The van der Waals surface area contributed by atoms with Crippen LogP contribution in [0.15, 0.2) is 53.3 Å². The third-order valence-corrected chi connectivity index (χ3v) is 2.90. The fourth-order valence-electron chi connectivity index (χ4n) is 1.59. The number of aliphatic hydroxyl groups is 1. The van der Waals surface area contributed by atoms with Crippen molar-refractivity contribution in [2.45, 2.75) is 12.5 Å². The first-order valence-electron chi connectivity index (χ1n) is 5.08. The maximum Gasteiger partial charge on any atom is 0.0831 e. The standard InChI is InChI=1S/C13H12BrNO/c14-12-3-1-2-10(8-12)9-13(16)11-4-6-15-7-5-11/h1-8,13,16H,9H2. The average Bonchev–Trinajstić information content (AvgIpc) is 2.30. The molecule has 2 nitrogen and oxygen atoms in total. The summed E-state index contributed by atoms with van der Waals surface area (Å²) < 4.78 is 1.03. The van der Waals surface area contributed by atoms with E-state index in [-0.39, 0.29) is 0 Å². The fraction of sp³-hybridized carbons (Fsp3) is 0.154. The third-order valence-electron chi connectivity index (χ3n) is 2.41. The summed E-state index contributed by atoms with van der Waals surface area (Å²) in [6.07, 6.45) is 3.53. The highest BCUT2D eigenvalue weighted by Gasteiger charge is 2.07. The van der Waals surface area contributed by atoms with Crippen LogP contribution in [0, 0.1) is 0 Å². The number of rotatable bonds is 3. The van der Waals surface area contributed by atoms with E-state index >= 15 is 0 Å². The molecule has 1 heterocycles. The molecule has 1 N–H and O–H groups in total. The molecule has 82 valence electrons. The zero-order chi connectivity index (χ0) is 11.4. The molecule has 0 amide bonds. The number of hydrogen-bond donors (Lipinski definition) is 1. The highest BCUT2D eigenvalue weighted by Crippen LogP contribution is 2.19. The second kappa shape index (κ2) is 5.23. The summed E-state index contributed by atoms with van der Waals surface area (Å²) in [4.78, 5) is 3.93. The molecule has 0 radical (unpaired) electrons. The SMILES string of the molecule is OC(Cc1cccc(Br)c1)c1ccncc1. The lowest BCUT2D eigenvalue weighted by molar-refractivity contribution is 0.178. The van der Waals surface area contributed by atoms with Gasteiger partial charge < -0.3 is 5.11 Å². The maximum atomic E-state index is 10.0. The van der Waals surface area contributed by atoms with Gasteiger partial charge in [-0.3, -0.25) is 4.98 Å². The summed E-state index contributed by atoms with van der Waals surface area (Å²) >= 11 is 3.42. The Balaban J connectivity index is 2.11. The van der Waals surface area contributed by atoms with Crippen molar-refractivity contribution < 1.29 is 5.11 Å². The number of pyridine rings is 1. The molecule has 16 heavy (non-hydrogen) atoms. The molecule has 0 aliphatic heterocycles. The molecule has 0 spiro atoms. The monoisotopic (exact) mass is 277 g/mol. The van der Waals surface area contributed by atoms with Crippen molar-refractivity contribution in [1.82, 2.24) is 4.98 Å². The van der Waals surface area contributed by atoms with Crippen LogP contribution in [0.4, 0.5) is 0 Å². The van der Waals surface area contributed by atoms with Crippen molar-refractivity contribution in [2.75, 3.05) is 0 Å². The van der Waals surface area contributed by atoms with E-state index in [1.165, 1.54) is 0 Å². The van der Waals surface area contributed by atoms with Crippen LogP contribution in [0.3, 0.4) is 0 Å². The molecular formula is C13H12BrNO. The molecule has 3 heteroatoms. The van der Waals surface area contributed by atoms with Crippen molar-refractivity contribution in [1.29, 1.82) is 0 Å². The van der Waals surface area contributed by atoms with Crippen molar-refractivity contribution in [3.63, 3.8) is 0 Å². The van der Waals surface area contributed by atoms with Gasteiger partial charge in [0.2, 0.25) is 0 Å². The van der Waals surface area contributed by atoms with Gasteiger partial charge >= 0.3 is 0 Å². The summed E-state index contributed by atoms with van der Waals surface area (Å²) in [5.41, 5.74) is 2.01. The second-order valence-electron chi connectivity index (χ2n) is 3.63. The molecule has 2 aromatic rings. The van der Waals surface area contributed by atoms with Gasteiger partial charge in [-0.05, 0) is 35.4 Å². The average molecular weight is 278 g/mol. The minimum absolute atomic E-state index is 0.475. The van der Waals surface area contributed by atoms with E-state index in [2.05, 4.69) is 20.9 Å². The smallest absolute Gasteiger partial charge is 0.0831 e. The second-order valence-corrected chi connectivity index (χ2v) is 4.55. The first kappa shape index (κ1) is 11.3. The molecule has 1 unspecified atom stereocenters. The van der Waals surface area contributed by atoms with Crippen LogP contribution in [-0.4, -0.2) is 10.1 Å². The normalized spacial score (nSPS) is 12.4. The van der Waals surface area contributed by atoms with Crippen LogP contribution in [-0.2, 0) is 6.42 Å². The van der Waals surface area contributed by atoms with Crippen LogP contribution >= 0.6 is 15.9 Å². The van der Waals surface area contributed by atoms with Crippen LogP contribution in [0.2, 0.25) is 0 Å². The predicted octanol–water partition coefficient (Wildman–Crippen LogP) is 3.12. The largest absolute Gasteiger partial charge is 0.388 e. The van der Waals surface area contributed by atoms with Crippen molar-refractivity contribution in [3.05, 3.63) is 64.4 Å². The summed E-state index contributed by atoms with van der Waals surface area (Å²) in [5, 5.41) is 10.0. The van der Waals surface area contributed by atoms with E-state index in [1.54, 1.807) is 12.4 Å². The third kappa shape index (κ3) is 2.90. The van der Waals surface area contributed by atoms with Gasteiger partial charge in [0.05, 0.1) is 6.10 Å². The number of halogens is 1. The summed E-state index contributed by atoms with van der Waals surface area (Å²) in [6.45, 7) is 0. The molecule has 0 saturated carbocycles. The molecule has 2 rings (SSSR count). The Morgan fingerprint density at radius 3 is 2.62 bits per heavy atom. The van der Waals surface area contributed by atoms with Gasteiger partial charge in [0.25, 0.3) is 0 Å². The number of aromatic nitrogens is 1. The molecule has 0 aliphatic carbocycles. The van der Waals surface area contributed by atoms with Crippen molar-refractivity contribution in [3.8, 4) is 0 Å². The molecule has 1 aromatic carbocycles. The lowest BCUT2D eigenvalue weighted by Crippen LogP contribution is -2.01. The van der Waals surface area contributed by atoms with E-state index < -0.39 is 6.10 Å². The van der Waals surface area contributed by atoms with E-state index in [0.29, 0.717) is 6.42 Å². The lowest BCUT2D eigenvalue weighted by atomic mass is 10.0. The van der Waals surface area contributed by atoms with Gasteiger partial charge in [0.1, 0.15) is 0 Å².